The molecule has 0 aliphatic heterocycles. The summed E-state index contributed by atoms with van der Waals surface area (Å²) >= 11 is 0. The van der Waals surface area contributed by atoms with E-state index in [4.69, 9.17) is 5.11 Å². The summed E-state index contributed by atoms with van der Waals surface area (Å²) in [6.07, 6.45) is 0.544. The normalized spacial score (nSPS) is 29.9. The lowest BCUT2D eigenvalue weighted by molar-refractivity contribution is -0.139. The number of carboxylic acids is 1. The Balaban J connectivity index is 2.29. The smallest absolute Gasteiger partial charge is 0.307 e. The van der Waals surface area contributed by atoms with Crippen LogP contribution in [0.1, 0.15) is 12.0 Å². The van der Waals surface area contributed by atoms with E-state index in [2.05, 4.69) is 0 Å². The van der Waals surface area contributed by atoms with E-state index >= 15 is 0 Å². The van der Waals surface area contributed by atoms with Gasteiger partial charge in [-0.2, -0.15) is 0 Å². The summed E-state index contributed by atoms with van der Waals surface area (Å²) in [5.41, 5.74) is 0.405. The van der Waals surface area contributed by atoms with Gasteiger partial charge in [0.15, 0.2) is 0 Å². The van der Waals surface area contributed by atoms with Crippen molar-refractivity contribution in [3.8, 4) is 0 Å². The van der Waals surface area contributed by atoms with Crippen molar-refractivity contribution in [1.82, 2.24) is 0 Å². The van der Waals surface area contributed by atoms with Crippen molar-refractivity contribution in [3.63, 3.8) is 0 Å². The van der Waals surface area contributed by atoms with Crippen LogP contribution in [0.2, 0.25) is 0 Å². The predicted octanol–water partition coefficient (Wildman–Crippen LogP) is 1.02. The number of aliphatic hydroxyl groups excluding tert-OH is 1. The van der Waals surface area contributed by atoms with Gasteiger partial charge in [0.2, 0.25) is 0 Å². The zero-order valence-electron chi connectivity index (χ0n) is 7.68. The molecule has 0 spiro atoms. The second kappa shape index (κ2) is 3.10. The maximum Gasteiger partial charge on any atom is 0.307 e. The molecule has 3 heteroatoms. The number of carboxylic acid groups (broad SMARTS) is 1. The lowest BCUT2D eigenvalue weighted by atomic mass is 9.94. The Morgan fingerprint density at radius 2 is 2.07 bits per heavy atom. The van der Waals surface area contributed by atoms with Gasteiger partial charge in [0.05, 0.1) is 12.5 Å². The molecule has 14 heavy (non-hydrogen) atoms. The maximum absolute atomic E-state index is 10.8. The summed E-state index contributed by atoms with van der Waals surface area (Å²) in [7, 11) is 0. The minimum Gasteiger partial charge on any atom is -0.481 e. The second-order valence-electron chi connectivity index (χ2n) is 3.78. The topological polar surface area (TPSA) is 57.5 Å². The summed E-state index contributed by atoms with van der Waals surface area (Å²) < 4.78 is 0. The highest BCUT2D eigenvalue weighted by Crippen LogP contribution is 2.53. The van der Waals surface area contributed by atoms with Crippen LogP contribution in [0.5, 0.6) is 0 Å². The second-order valence-corrected chi connectivity index (χ2v) is 3.78. The number of hydrogen-bond donors (Lipinski definition) is 2. The number of hydrogen-bond acceptors (Lipinski definition) is 2. The first-order valence-electron chi connectivity index (χ1n) is 4.60. The highest BCUT2D eigenvalue weighted by molar-refractivity contribution is 5.77. The van der Waals surface area contributed by atoms with Crippen LogP contribution in [-0.2, 0) is 10.2 Å². The lowest BCUT2D eigenvalue weighted by Gasteiger charge is -2.12. The summed E-state index contributed by atoms with van der Waals surface area (Å²) in [5, 5.41) is 18.1. The third kappa shape index (κ3) is 1.21. The molecule has 0 amide bonds. The molecule has 0 bridgehead atoms. The third-order valence-electron chi connectivity index (χ3n) is 3.00. The fourth-order valence-corrected chi connectivity index (χ4v) is 1.98. The van der Waals surface area contributed by atoms with Crippen molar-refractivity contribution < 1.29 is 15.0 Å². The maximum atomic E-state index is 10.8. The fourth-order valence-electron chi connectivity index (χ4n) is 1.98. The van der Waals surface area contributed by atoms with Crippen molar-refractivity contribution in [2.24, 2.45) is 5.92 Å². The van der Waals surface area contributed by atoms with Gasteiger partial charge in [-0.25, -0.2) is 0 Å². The van der Waals surface area contributed by atoms with Crippen molar-refractivity contribution in [2.75, 3.05) is 6.61 Å². The molecule has 0 heterocycles. The molecule has 1 aliphatic carbocycles. The van der Waals surface area contributed by atoms with E-state index < -0.39 is 17.3 Å². The minimum atomic E-state index is -0.817. The van der Waals surface area contributed by atoms with Gasteiger partial charge in [-0.05, 0) is 12.0 Å². The first-order chi connectivity index (χ1) is 6.70. The molecule has 74 valence electrons. The monoisotopic (exact) mass is 192 g/mol. The molecule has 2 N–H and O–H groups in total. The average molecular weight is 192 g/mol. The molecule has 3 nitrogen and oxygen atoms in total. The highest BCUT2D eigenvalue weighted by Gasteiger charge is 2.59. The van der Waals surface area contributed by atoms with E-state index in [9.17, 15) is 9.90 Å². The van der Waals surface area contributed by atoms with Crippen molar-refractivity contribution >= 4 is 5.97 Å². The molecule has 1 aliphatic rings. The van der Waals surface area contributed by atoms with Gasteiger partial charge in [0.1, 0.15) is 0 Å². The molecule has 0 radical (unpaired) electrons. The lowest BCUT2D eigenvalue weighted by Crippen LogP contribution is -2.19. The summed E-state index contributed by atoms with van der Waals surface area (Å²) in [4.78, 5) is 10.8. The zero-order chi connectivity index (χ0) is 10.2. The van der Waals surface area contributed by atoms with Crippen molar-refractivity contribution in [3.05, 3.63) is 35.9 Å². The number of rotatable bonds is 3. The Labute approximate surface area is 82.0 Å². The van der Waals surface area contributed by atoms with Gasteiger partial charge in [0.25, 0.3) is 0 Å². The summed E-state index contributed by atoms with van der Waals surface area (Å²) in [6.45, 7) is -0.0893. The van der Waals surface area contributed by atoms with Gasteiger partial charge in [-0.1, -0.05) is 30.3 Å². The number of aliphatic hydroxyl groups is 1. The van der Waals surface area contributed by atoms with Gasteiger partial charge in [-0.3, -0.25) is 4.79 Å². The van der Waals surface area contributed by atoms with Gasteiger partial charge < -0.3 is 10.2 Å². The quantitative estimate of drug-likeness (QED) is 0.751. The molecule has 1 aromatic carbocycles. The van der Waals surface area contributed by atoms with Gasteiger partial charge in [-0.15, -0.1) is 0 Å². The summed E-state index contributed by atoms with van der Waals surface area (Å²) in [6, 6.07) is 9.36. The largest absolute Gasteiger partial charge is 0.481 e. The molecule has 1 saturated carbocycles. The van der Waals surface area contributed by atoms with E-state index in [1.54, 1.807) is 0 Å². The van der Waals surface area contributed by atoms with Gasteiger partial charge >= 0.3 is 5.97 Å². The van der Waals surface area contributed by atoms with E-state index in [1.807, 2.05) is 30.3 Å². The number of aliphatic carboxylic acids is 1. The summed E-state index contributed by atoms with van der Waals surface area (Å²) in [5.74, 6) is -1.24. The SMILES string of the molecule is O=C(O)C1CC1(CO)c1ccccc1. The molecular weight excluding hydrogens is 180 g/mol. The van der Waals surface area contributed by atoms with Crippen LogP contribution in [0.25, 0.3) is 0 Å². The van der Waals surface area contributed by atoms with Crippen LogP contribution in [-0.4, -0.2) is 22.8 Å². The van der Waals surface area contributed by atoms with Crippen molar-refractivity contribution in [1.29, 1.82) is 0 Å². The van der Waals surface area contributed by atoms with Crippen LogP contribution in [0.4, 0.5) is 0 Å². The van der Waals surface area contributed by atoms with Crippen LogP contribution in [0, 0.1) is 5.92 Å². The van der Waals surface area contributed by atoms with Crippen molar-refractivity contribution in [2.45, 2.75) is 11.8 Å². The molecule has 2 unspecified atom stereocenters. The first kappa shape index (κ1) is 9.21. The zero-order valence-corrected chi connectivity index (χ0v) is 7.68. The molecule has 1 fully saturated rings. The molecule has 2 rings (SSSR count). The molecule has 0 saturated heterocycles. The Morgan fingerprint density at radius 3 is 2.50 bits per heavy atom. The van der Waals surface area contributed by atoms with E-state index in [1.165, 1.54) is 0 Å². The fraction of sp³-hybridized carbons (Fsp3) is 0.364. The Bertz CT molecular complexity index is 347. The van der Waals surface area contributed by atoms with E-state index in [-0.39, 0.29) is 6.61 Å². The third-order valence-corrected chi connectivity index (χ3v) is 3.00. The van der Waals surface area contributed by atoms with E-state index in [0.29, 0.717) is 6.42 Å². The Kier molecular flexibility index (Phi) is 2.04. The number of benzene rings is 1. The number of carbonyl (C=O) groups is 1. The minimum absolute atomic E-state index is 0.0893. The highest BCUT2D eigenvalue weighted by atomic mass is 16.4. The van der Waals surface area contributed by atoms with Crippen LogP contribution >= 0.6 is 0 Å². The Hall–Kier alpha value is -1.35. The average Bonchev–Trinajstić information content (AvgIpc) is 2.95. The van der Waals surface area contributed by atoms with Crippen LogP contribution in [0.3, 0.4) is 0 Å². The van der Waals surface area contributed by atoms with E-state index in [0.717, 1.165) is 5.56 Å². The van der Waals surface area contributed by atoms with Crippen LogP contribution < -0.4 is 0 Å². The predicted molar refractivity (Wildman–Crippen MR) is 50.9 cm³/mol. The molecule has 0 aromatic heterocycles. The standard InChI is InChI=1S/C11H12O3/c12-7-11(6-9(11)10(13)14)8-4-2-1-3-5-8/h1-5,9,12H,6-7H2,(H,13,14). The van der Waals surface area contributed by atoms with Gasteiger partial charge in [0, 0.05) is 5.41 Å². The molecule has 2 atom stereocenters. The van der Waals surface area contributed by atoms with Crippen LogP contribution in [0.15, 0.2) is 30.3 Å². The Morgan fingerprint density at radius 1 is 1.43 bits per heavy atom. The first-order valence-corrected chi connectivity index (χ1v) is 4.60. The molecule has 1 aromatic rings. The molecular formula is C11H12O3.